The Morgan fingerprint density at radius 1 is 1.25 bits per heavy atom. The van der Waals surface area contributed by atoms with Crippen LogP contribution in [-0.4, -0.2) is 24.9 Å². The third-order valence-corrected chi connectivity index (χ3v) is 3.51. The summed E-state index contributed by atoms with van der Waals surface area (Å²) < 4.78 is 6.73. The molecule has 0 radical (unpaired) electrons. The van der Waals surface area contributed by atoms with Gasteiger partial charge in [-0.2, -0.15) is 10.2 Å². The summed E-state index contributed by atoms with van der Waals surface area (Å²) in [5, 5.41) is 22.0. The normalized spacial score (nSPS) is 11.0. The average molecular weight is 323 g/mol. The van der Waals surface area contributed by atoms with E-state index in [1.165, 1.54) is 23.1 Å². The first-order chi connectivity index (χ1) is 11.6. The molecule has 4 rings (SSSR count). The van der Waals surface area contributed by atoms with Gasteiger partial charge in [-0.3, -0.25) is 14.9 Å². The van der Waals surface area contributed by atoms with Crippen LogP contribution in [0.5, 0.6) is 0 Å². The van der Waals surface area contributed by atoms with E-state index in [0.29, 0.717) is 22.5 Å². The number of non-ortho nitro benzene ring substituents is 1. The third kappa shape index (κ3) is 2.15. The van der Waals surface area contributed by atoms with Gasteiger partial charge in [-0.25, -0.2) is 9.78 Å². The van der Waals surface area contributed by atoms with Gasteiger partial charge >= 0.3 is 0 Å². The number of nitrogens with one attached hydrogen (secondary N) is 1. The van der Waals surface area contributed by atoms with Crippen LogP contribution in [0.25, 0.3) is 28.0 Å². The van der Waals surface area contributed by atoms with Crippen molar-refractivity contribution in [3.05, 3.63) is 69.3 Å². The molecule has 0 aliphatic rings. The molecular formula is C15H9N5O4. The number of furan rings is 1. The van der Waals surface area contributed by atoms with Gasteiger partial charge in [0, 0.05) is 18.3 Å². The van der Waals surface area contributed by atoms with Crippen LogP contribution < -0.4 is 5.56 Å². The molecule has 9 nitrogen and oxygen atoms in total. The molecule has 0 spiro atoms. The van der Waals surface area contributed by atoms with E-state index in [4.69, 9.17) is 4.42 Å². The summed E-state index contributed by atoms with van der Waals surface area (Å²) in [6, 6.07) is 9.39. The average Bonchev–Trinajstić information content (AvgIpc) is 3.25. The zero-order valence-electron chi connectivity index (χ0n) is 12.0. The monoisotopic (exact) mass is 323 g/mol. The summed E-state index contributed by atoms with van der Waals surface area (Å²) >= 11 is 0. The van der Waals surface area contributed by atoms with E-state index in [1.807, 2.05) is 0 Å². The number of hydrogen-bond acceptors (Lipinski definition) is 6. The highest BCUT2D eigenvalue weighted by atomic mass is 16.6. The van der Waals surface area contributed by atoms with E-state index in [-0.39, 0.29) is 11.2 Å². The lowest BCUT2D eigenvalue weighted by Crippen LogP contribution is -2.09. The molecular weight excluding hydrogens is 314 g/mol. The van der Waals surface area contributed by atoms with Crippen molar-refractivity contribution in [2.75, 3.05) is 0 Å². The van der Waals surface area contributed by atoms with Gasteiger partial charge < -0.3 is 4.42 Å². The Hall–Kier alpha value is -3.75. The number of aromatic nitrogens is 4. The van der Waals surface area contributed by atoms with Crippen LogP contribution in [0.1, 0.15) is 0 Å². The van der Waals surface area contributed by atoms with Crippen LogP contribution in [0.15, 0.2) is 58.1 Å². The number of hydrogen-bond donors (Lipinski definition) is 1. The number of fused-ring (bicyclic) bond motifs is 1. The summed E-state index contributed by atoms with van der Waals surface area (Å²) in [4.78, 5) is 22.4. The predicted octanol–water partition coefficient (Wildman–Crippen LogP) is 2.28. The van der Waals surface area contributed by atoms with Crippen molar-refractivity contribution in [3.63, 3.8) is 0 Å². The highest BCUT2D eigenvalue weighted by Gasteiger charge is 2.16. The van der Waals surface area contributed by atoms with Crippen molar-refractivity contribution in [1.82, 2.24) is 20.0 Å². The van der Waals surface area contributed by atoms with Gasteiger partial charge in [-0.15, -0.1) is 0 Å². The largest absolute Gasteiger partial charge is 0.463 e. The molecule has 1 aromatic carbocycles. The lowest BCUT2D eigenvalue weighted by Gasteiger charge is -1.99. The van der Waals surface area contributed by atoms with Crippen molar-refractivity contribution in [2.24, 2.45) is 0 Å². The molecule has 0 atom stereocenters. The number of rotatable bonds is 3. The fourth-order valence-electron chi connectivity index (χ4n) is 2.42. The van der Waals surface area contributed by atoms with Crippen LogP contribution in [-0.2, 0) is 0 Å². The molecule has 0 bridgehead atoms. The summed E-state index contributed by atoms with van der Waals surface area (Å²) in [5.41, 5.74) is 0.550. The Labute approximate surface area is 133 Å². The van der Waals surface area contributed by atoms with Crippen LogP contribution in [0.4, 0.5) is 5.69 Å². The Balaban J connectivity index is 1.94. The molecule has 0 saturated heterocycles. The van der Waals surface area contributed by atoms with Crippen molar-refractivity contribution >= 4 is 16.6 Å². The molecule has 1 N–H and O–H groups in total. The number of aromatic amines is 1. The molecule has 9 heteroatoms. The minimum atomic E-state index is -0.491. The second kappa shape index (κ2) is 5.16. The van der Waals surface area contributed by atoms with Crippen molar-refractivity contribution < 1.29 is 9.34 Å². The summed E-state index contributed by atoms with van der Waals surface area (Å²) in [5.74, 6) is 0.481. The number of nitrogens with zero attached hydrogens (tertiary/aromatic N) is 4. The predicted molar refractivity (Wildman–Crippen MR) is 83.8 cm³/mol. The maximum atomic E-state index is 12.0. The van der Waals surface area contributed by atoms with E-state index in [9.17, 15) is 14.9 Å². The Kier molecular flexibility index (Phi) is 2.98. The first-order valence-electron chi connectivity index (χ1n) is 6.90. The molecule has 0 fully saturated rings. The van der Waals surface area contributed by atoms with E-state index < -0.39 is 10.5 Å². The number of benzene rings is 1. The lowest BCUT2D eigenvalue weighted by molar-refractivity contribution is -0.384. The second-order valence-corrected chi connectivity index (χ2v) is 4.99. The number of nitro benzene ring substituents is 1. The lowest BCUT2D eigenvalue weighted by atomic mass is 10.2. The molecule has 0 saturated carbocycles. The standard InChI is InChI=1S/C15H9N5O4/c21-15-14-11(13(16-17-15)12-5-2-6-24-12)8-19(18-14)9-3-1-4-10(7-9)20(22)23/h1-8H,(H,17,21). The van der Waals surface area contributed by atoms with Crippen LogP contribution in [0.3, 0.4) is 0 Å². The molecule has 0 aliphatic carbocycles. The van der Waals surface area contributed by atoms with Gasteiger partial charge in [0.2, 0.25) is 0 Å². The Bertz CT molecular complexity index is 1110. The molecule has 118 valence electrons. The molecule has 4 aromatic rings. The Morgan fingerprint density at radius 2 is 2.12 bits per heavy atom. The number of nitro groups is 1. The Morgan fingerprint density at radius 3 is 2.88 bits per heavy atom. The van der Waals surface area contributed by atoms with E-state index in [0.717, 1.165) is 0 Å². The van der Waals surface area contributed by atoms with Gasteiger partial charge in [0.1, 0.15) is 5.69 Å². The molecule has 0 amide bonds. The molecule has 0 aliphatic heterocycles. The fraction of sp³-hybridized carbons (Fsp3) is 0. The van der Waals surface area contributed by atoms with Crippen molar-refractivity contribution in [2.45, 2.75) is 0 Å². The van der Waals surface area contributed by atoms with Gasteiger partial charge in [0.25, 0.3) is 11.2 Å². The van der Waals surface area contributed by atoms with Crippen LogP contribution in [0.2, 0.25) is 0 Å². The molecule has 3 heterocycles. The number of H-pyrrole nitrogens is 1. The van der Waals surface area contributed by atoms with Gasteiger partial charge in [-0.05, 0) is 18.2 Å². The zero-order valence-corrected chi connectivity index (χ0v) is 12.0. The minimum Gasteiger partial charge on any atom is -0.463 e. The van der Waals surface area contributed by atoms with Gasteiger partial charge in [-0.1, -0.05) is 6.07 Å². The summed E-state index contributed by atoms with van der Waals surface area (Å²) in [7, 11) is 0. The molecule has 24 heavy (non-hydrogen) atoms. The van der Waals surface area contributed by atoms with Crippen molar-refractivity contribution in [3.8, 4) is 17.1 Å². The minimum absolute atomic E-state index is 0.0645. The van der Waals surface area contributed by atoms with Crippen LogP contribution >= 0.6 is 0 Å². The second-order valence-electron chi connectivity index (χ2n) is 4.99. The SMILES string of the molecule is O=c1[nH]nc(-c2ccco2)c2cn(-c3cccc([N+](=O)[O-])c3)nc12. The maximum absolute atomic E-state index is 12.0. The van der Waals surface area contributed by atoms with Gasteiger partial charge in [0.15, 0.2) is 11.3 Å². The fourth-order valence-corrected chi connectivity index (χ4v) is 2.42. The first-order valence-corrected chi connectivity index (χ1v) is 6.90. The maximum Gasteiger partial charge on any atom is 0.292 e. The van der Waals surface area contributed by atoms with E-state index in [2.05, 4.69) is 15.3 Å². The van der Waals surface area contributed by atoms with Crippen LogP contribution in [0, 0.1) is 10.1 Å². The third-order valence-electron chi connectivity index (χ3n) is 3.51. The highest BCUT2D eigenvalue weighted by Crippen LogP contribution is 2.25. The van der Waals surface area contributed by atoms with Crippen molar-refractivity contribution in [1.29, 1.82) is 0 Å². The molecule has 0 unspecified atom stereocenters. The van der Waals surface area contributed by atoms with E-state index in [1.54, 1.807) is 30.5 Å². The topological polar surface area (TPSA) is 120 Å². The molecule has 3 aromatic heterocycles. The summed E-state index contributed by atoms with van der Waals surface area (Å²) in [6.45, 7) is 0. The van der Waals surface area contributed by atoms with E-state index >= 15 is 0 Å². The zero-order chi connectivity index (χ0) is 16.7. The summed E-state index contributed by atoms with van der Waals surface area (Å²) in [6.07, 6.45) is 3.09. The smallest absolute Gasteiger partial charge is 0.292 e. The van der Waals surface area contributed by atoms with Gasteiger partial charge in [0.05, 0.1) is 22.3 Å². The highest BCUT2D eigenvalue weighted by molar-refractivity contribution is 5.90. The first kappa shape index (κ1) is 13.9. The quantitative estimate of drug-likeness (QED) is 0.456.